The second-order valence-electron chi connectivity index (χ2n) is 3.77. The first-order valence-corrected chi connectivity index (χ1v) is 5.05. The van der Waals surface area contributed by atoms with Crippen LogP contribution in [0.2, 0.25) is 0 Å². The van der Waals surface area contributed by atoms with Crippen molar-refractivity contribution in [1.29, 1.82) is 0 Å². The number of benzene rings is 1. The van der Waals surface area contributed by atoms with Crippen molar-refractivity contribution in [3.05, 3.63) is 29.6 Å². The van der Waals surface area contributed by atoms with Crippen LogP contribution in [-0.4, -0.2) is 37.3 Å². The van der Waals surface area contributed by atoms with Crippen molar-refractivity contribution in [3.8, 4) is 5.75 Å². The molecule has 0 N–H and O–H groups in total. The van der Waals surface area contributed by atoms with Gasteiger partial charge in [-0.15, -0.1) is 0 Å². The molecule has 0 fully saturated rings. The number of ketones is 1. The molecule has 0 atom stereocenters. The predicted octanol–water partition coefficient (Wildman–Crippen LogP) is 1.50. The molecule has 0 aliphatic rings. The molecule has 0 saturated heterocycles. The smallest absolute Gasteiger partial charge is 0.259 e. The second kappa shape index (κ2) is 5.43. The third-order valence-corrected chi connectivity index (χ3v) is 2.17. The van der Waals surface area contributed by atoms with Crippen LogP contribution in [-0.2, 0) is 4.79 Å². The molecule has 0 aliphatic heterocycles. The van der Waals surface area contributed by atoms with E-state index in [-0.39, 0.29) is 29.6 Å². The zero-order valence-electron chi connectivity index (χ0n) is 9.99. The fraction of sp³-hybridized carbons (Fsp3) is 0.333. The Morgan fingerprint density at radius 3 is 2.53 bits per heavy atom. The van der Waals surface area contributed by atoms with Gasteiger partial charge in [-0.3, -0.25) is 9.59 Å². The normalized spacial score (nSPS) is 9.88. The van der Waals surface area contributed by atoms with Crippen LogP contribution in [0.4, 0.5) is 4.39 Å². The Labute approximate surface area is 99.0 Å². The second-order valence-corrected chi connectivity index (χ2v) is 3.77. The highest BCUT2D eigenvalue weighted by Crippen LogP contribution is 2.20. The van der Waals surface area contributed by atoms with Crippen molar-refractivity contribution < 1.29 is 18.7 Å². The Morgan fingerprint density at radius 1 is 1.35 bits per heavy atom. The lowest BCUT2D eigenvalue weighted by molar-refractivity contribution is -0.130. The van der Waals surface area contributed by atoms with Gasteiger partial charge in [-0.05, 0) is 19.1 Å². The molecule has 1 aromatic carbocycles. The topological polar surface area (TPSA) is 46.6 Å². The largest absolute Gasteiger partial charge is 0.483 e. The van der Waals surface area contributed by atoms with Crippen molar-refractivity contribution >= 4 is 11.7 Å². The van der Waals surface area contributed by atoms with Gasteiger partial charge in [0.2, 0.25) is 0 Å². The van der Waals surface area contributed by atoms with Crippen LogP contribution in [0.25, 0.3) is 0 Å². The average molecular weight is 239 g/mol. The zero-order valence-corrected chi connectivity index (χ0v) is 9.99. The SMILES string of the molecule is CC(=O)c1ccc(F)cc1OCC(=O)N(C)C. The minimum absolute atomic E-state index is 0.0905. The van der Waals surface area contributed by atoms with Gasteiger partial charge in [-0.1, -0.05) is 0 Å². The fourth-order valence-electron chi connectivity index (χ4n) is 1.18. The van der Waals surface area contributed by atoms with Crippen LogP contribution in [0.5, 0.6) is 5.75 Å². The summed E-state index contributed by atoms with van der Waals surface area (Å²) in [6.45, 7) is 1.13. The van der Waals surface area contributed by atoms with E-state index < -0.39 is 5.82 Å². The predicted molar refractivity (Wildman–Crippen MR) is 60.6 cm³/mol. The number of likely N-dealkylation sites (N-methyl/N-ethyl adjacent to an activating group) is 1. The quantitative estimate of drug-likeness (QED) is 0.748. The van der Waals surface area contributed by atoms with E-state index in [9.17, 15) is 14.0 Å². The standard InChI is InChI=1S/C12H14FNO3/c1-8(15)10-5-4-9(13)6-11(10)17-7-12(16)14(2)3/h4-6H,7H2,1-3H3. The van der Waals surface area contributed by atoms with Crippen molar-refractivity contribution in [2.24, 2.45) is 0 Å². The van der Waals surface area contributed by atoms with Gasteiger partial charge in [0, 0.05) is 20.2 Å². The Bertz CT molecular complexity index is 443. The molecule has 0 bridgehead atoms. The Hall–Kier alpha value is -1.91. The minimum atomic E-state index is -0.512. The van der Waals surface area contributed by atoms with E-state index in [1.165, 1.54) is 24.0 Å². The molecule has 1 aromatic rings. The van der Waals surface area contributed by atoms with Gasteiger partial charge in [0.05, 0.1) is 5.56 Å². The third-order valence-electron chi connectivity index (χ3n) is 2.17. The van der Waals surface area contributed by atoms with Gasteiger partial charge in [-0.2, -0.15) is 0 Å². The van der Waals surface area contributed by atoms with Crippen LogP contribution in [0, 0.1) is 5.82 Å². The van der Waals surface area contributed by atoms with Crippen LogP contribution in [0.1, 0.15) is 17.3 Å². The first-order chi connectivity index (χ1) is 7.91. The van der Waals surface area contributed by atoms with E-state index in [2.05, 4.69) is 0 Å². The van der Waals surface area contributed by atoms with Crippen molar-refractivity contribution in [3.63, 3.8) is 0 Å². The van der Waals surface area contributed by atoms with E-state index in [0.717, 1.165) is 6.07 Å². The van der Waals surface area contributed by atoms with Crippen molar-refractivity contribution in [2.75, 3.05) is 20.7 Å². The molecule has 0 saturated carbocycles. The number of amides is 1. The van der Waals surface area contributed by atoms with Crippen LogP contribution in [0.3, 0.4) is 0 Å². The minimum Gasteiger partial charge on any atom is -0.483 e. The number of halogens is 1. The number of rotatable bonds is 4. The van der Waals surface area contributed by atoms with E-state index in [0.29, 0.717) is 0 Å². The highest BCUT2D eigenvalue weighted by Gasteiger charge is 2.12. The summed E-state index contributed by atoms with van der Waals surface area (Å²) in [7, 11) is 3.17. The van der Waals surface area contributed by atoms with E-state index in [1.807, 2.05) is 0 Å². The summed E-state index contributed by atoms with van der Waals surface area (Å²) < 4.78 is 18.2. The van der Waals surface area contributed by atoms with Crippen LogP contribution in [0.15, 0.2) is 18.2 Å². The molecule has 4 nitrogen and oxygen atoms in total. The summed E-state index contributed by atoms with van der Waals surface area (Å²) in [4.78, 5) is 23.9. The number of nitrogens with zero attached hydrogens (tertiary/aromatic N) is 1. The summed E-state index contributed by atoms with van der Waals surface area (Å²) in [5.41, 5.74) is 0.262. The average Bonchev–Trinajstić information content (AvgIpc) is 2.25. The highest BCUT2D eigenvalue weighted by molar-refractivity contribution is 5.96. The van der Waals surface area contributed by atoms with Gasteiger partial charge >= 0.3 is 0 Å². The Morgan fingerprint density at radius 2 is 2.00 bits per heavy atom. The molecule has 1 amide bonds. The van der Waals surface area contributed by atoms with Gasteiger partial charge in [-0.25, -0.2) is 4.39 Å². The molecule has 0 spiro atoms. The molecular formula is C12H14FNO3. The van der Waals surface area contributed by atoms with E-state index in [1.54, 1.807) is 14.1 Å². The summed E-state index contributed by atoms with van der Waals surface area (Å²) in [5.74, 6) is -0.920. The van der Waals surface area contributed by atoms with E-state index in [4.69, 9.17) is 4.74 Å². The number of Topliss-reactive ketones (excluding diaryl/α,β-unsaturated/α-hetero) is 1. The monoisotopic (exact) mass is 239 g/mol. The third kappa shape index (κ3) is 3.55. The number of carbonyl (C=O) groups excluding carboxylic acids is 2. The summed E-state index contributed by atoms with van der Waals surface area (Å²) in [5, 5.41) is 0. The van der Waals surface area contributed by atoms with Crippen LogP contribution >= 0.6 is 0 Å². The zero-order chi connectivity index (χ0) is 13.0. The molecule has 92 valence electrons. The first kappa shape index (κ1) is 13.2. The number of ether oxygens (including phenoxy) is 1. The van der Waals surface area contributed by atoms with Crippen molar-refractivity contribution in [2.45, 2.75) is 6.92 Å². The molecule has 17 heavy (non-hydrogen) atoms. The maximum atomic E-state index is 13.0. The number of hydrogen-bond acceptors (Lipinski definition) is 3. The Balaban J connectivity index is 2.86. The number of carbonyl (C=O) groups is 2. The summed E-state index contributed by atoms with van der Waals surface area (Å²) in [6.07, 6.45) is 0. The first-order valence-electron chi connectivity index (χ1n) is 5.05. The van der Waals surface area contributed by atoms with E-state index >= 15 is 0 Å². The highest BCUT2D eigenvalue weighted by atomic mass is 19.1. The lowest BCUT2D eigenvalue weighted by Gasteiger charge is -2.13. The van der Waals surface area contributed by atoms with Gasteiger partial charge in [0.15, 0.2) is 12.4 Å². The van der Waals surface area contributed by atoms with Gasteiger partial charge in [0.25, 0.3) is 5.91 Å². The van der Waals surface area contributed by atoms with Gasteiger partial charge < -0.3 is 9.64 Å². The maximum Gasteiger partial charge on any atom is 0.259 e. The summed E-state index contributed by atoms with van der Waals surface area (Å²) >= 11 is 0. The Kier molecular flexibility index (Phi) is 4.20. The molecule has 0 radical (unpaired) electrons. The van der Waals surface area contributed by atoms with Gasteiger partial charge in [0.1, 0.15) is 11.6 Å². The molecule has 0 aliphatic carbocycles. The number of hydrogen-bond donors (Lipinski definition) is 0. The molecule has 0 heterocycles. The van der Waals surface area contributed by atoms with Crippen molar-refractivity contribution in [1.82, 2.24) is 4.90 Å². The van der Waals surface area contributed by atoms with Crippen LogP contribution < -0.4 is 4.74 Å². The molecular weight excluding hydrogens is 225 g/mol. The maximum absolute atomic E-state index is 13.0. The fourth-order valence-corrected chi connectivity index (χ4v) is 1.18. The molecule has 1 rings (SSSR count). The molecule has 0 unspecified atom stereocenters. The molecule has 5 heteroatoms. The lowest BCUT2D eigenvalue weighted by Crippen LogP contribution is -2.27. The summed E-state index contributed by atoms with van der Waals surface area (Å²) in [6, 6.07) is 3.62. The lowest BCUT2D eigenvalue weighted by atomic mass is 10.1. The molecule has 0 aromatic heterocycles.